The van der Waals surface area contributed by atoms with E-state index in [9.17, 15) is 9.59 Å². The van der Waals surface area contributed by atoms with Crippen LogP contribution < -0.4 is 5.32 Å². The summed E-state index contributed by atoms with van der Waals surface area (Å²) in [6, 6.07) is 10.8. The van der Waals surface area contributed by atoms with Crippen LogP contribution in [-0.2, 0) is 27.4 Å². The fraction of sp³-hybridized carbons (Fsp3) is 0.294. The minimum atomic E-state index is -0.622. The first kappa shape index (κ1) is 15.3. The van der Waals surface area contributed by atoms with Gasteiger partial charge in [0.15, 0.2) is 0 Å². The molecule has 1 aromatic heterocycles. The molecule has 0 saturated carbocycles. The Morgan fingerprint density at radius 1 is 1.22 bits per heavy atom. The van der Waals surface area contributed by atoms with Crippen LogP contribution >= 0.6 is 0 Å². The van der Waals surface area contributed by atoms with Crippen LogP contribution in [0.15, 0.2) is 53.3 Å². The molecule has 23 heavy (non-hydrogen) atoms. The lowest BCUT2D eigenvalue weighted by Gasteiger charge is -2.34. The van der Waals surface area contributed by atoms with E-state index < -0.39 is 6.04 Å². The minimum absolute atomic E-state index is 0.0122. The van der Waals surface area contributed by atoms with Crippen molar-refractivity contribution < 1.29 is 18.7 Å². The van der Waals surface area contributed by atoms with E-state index in [0.717, 1.165) is 11.1 Å². The fourth-order valence-corrected chi connectivity index (χ4v) is 2.50. The van der Waals surface area contributed by atoms with Crippen LogP contribution in [0.25, 0.3) is 0 Å². The third kappa shape index (κ3) is 3.78. The second-order valence-corrected chi connectivity index (χ2v) is 5.39. The van der Waals surface area contributed by atoms with Gasteiger partial charge in [-0.3, -0.25) is 9.59 Å². The molecule has 3 rings (SSSR count). The second kappa shape index (κ2) is 7.11. The summed E-state index contributed by atoms with van der Waals surface area (Å²) in [5, 5.41) is 2.82. The van der Waals surface area contributed by atoms with Gasteiger partial charge in [0, 0.05) is 18.7 Å². The Labute approximate surface area is 134 Å². The van der Waals surface area contributed by atoms with Gasteiger partial charge in [-0.25, -0.2) is 0 Å². The second-order valence-electron chi connectivity index (χ2n) is 5.39. The lowest BCUT2D eigenvalue weighted by molar-refractivity contribution is -0.155. The number of carbonyl (C=O) groups excluding carboxylic acids is 2. The number of hydrogen-bond acceptors (Lipinski definition) is 4. The van der Waals surface area contributed by atoms with Gasteiger partial charge in [0.05, 0.1) is 19.1 Å². The highest BCUT2D eigenvalue weighted by atomic mass is 16.5. The number of carbonyl (C=O) groups is 2. The number of hydrogen-bond donors (Lipinski definition) is 1. The van der Waals surface area contributed by atoms with Crippen molar-refractivity contribution in [3.05, 3.63) is 60.1 Å². The van der Waals surface area contributed by atoms with Crippen molar-refractivity contribution in [1.29, 1.82) is 0 Å². The van der Waals surface area contributed by atoms with Crippen LogP contribution in [0.5, 0.6) is 0 Å². The van der Waals surface area contributed by atoms with Crippen molar-refractivity contribution in [1.82, 2.24) is 10.2 Å². The van der Waals surface area contributed by atoms with Crippen LogP contribution in [-0.4, -0.2) is 36.0 Å². The summed E-state index contributed by atoms with van der Waals surface area (Å²) in [7, 11) is 0. The zero-order chi connectivity index (χ0) is 16.1. The number of morpholine rings is 1. The zero-order valence-corrected chi connectivity index (χ0v) is 12.6. The summed E-state index contributed by atoms with van der Waals surface area (Å²) in [4.78, 5) is 26.1. The molecular formula is C17H18N2O4. The third-order valence-electron chi connectivity index (χ3n) is 3.74. The fourth-order valence-electron chi connectivity index (χ4n) is 2.50. The monoisotopic (exact) mass is 314 g/mol. The number of amides is 2. The molecule has 2 aromatic rings. The molecule has 1 aliphatic rings. The van der Waals surface area contributed by atoms with E-state index in [0.29, 0.717) is 13.1 Å². The largest absolute Gasteiger partial charge is 0.472 e. The molecule has 0 spiro atoms. The van der Waals surface area contributed by atoms with Crippen molar-refractivity contribution in [3.63, 3.8) is 0 Å². The number of ether oxygens (including phenoxy) is 1. The van der Waals surface area contributed by atoms with Gasteiger partial charge < -0.3 is 19.4 Å². The standard InChI is InChI=1S/C17H18N2O4/c20-16-12-23-11-15(17(21)18-8-14-6-7-22-10-14)19(16)9-13-4-2-1-3-5-13/h1-7,10,15H,8-9,11-12H2,(H,18,21)/t15-/m1/s1. The first-order chi connectivity index (χ1) is 11.2. The molecule has 6 heteroatoms. The summed E-state index contributed by atoms with van der Waals surface area (Å²) in [5.74, 6) is -0.404. The lowest BCUT2D eigenvalue weighted by atomic mass is 10.1. The predicted molar refractivity (Wildman–Crippen MR) is 82.2 cm³/mol. The first-order valence-electron chi connectivity index (χ1n) is 7.44. The Morgan fingerprint density at radius 2 is 2.04 bits per heavy atom. The lowest BCUT2D eigenvalue weighted by Crippen LogP contribution is -2.55. The van der Waals surface area contributed by atoms with Gasteiger partial charge in [-0.1, -0.05) is 30.3 Å². The molecule has 1 N–H and O–H groups in total. The van der Waals surface area contributed by atoms with Crippen molar-refractivity contribution in [2.75, 3.05) is 13.2 Å². The van der Waals surface area contributed by atoms with Gasteiger partial charge in [-0.15, -0.1) is 0 Å². The van der Waals surface area contributed by atoms with Gasteiger partial charge in [0.1, 0.15) is 12.6 Å². The Bertz CT molecular complexity index is 654. The molecule has 2 amide bonds. The Balaban J connectivity index is 1.67. The minimum Gasteiger partial charge on any atom is -0.472 e. The van der Waals surface area contributed by atoms with E-state index >= 15 is 0 Å². The third-order valence-corrected chi connectivity index (χ3v) is 3.74. The summed E-state index contributed by atoms with van der Waals surface area (Å²) in [6.07, 6.45) is 3.13. The molecule has 1 aromatic carbocycles. The van der Waals surface area contributed by atoms with Gasteiger partial charge in [-0.05, 0) is 11.6 Å². The summed E-state index contributed by atoms with van der Waals surface area (Å²) in [5.41, 5.74) is 1.85. The zero-order valence-electron chi connectivity index (χ0n) is 12.6. The maximum absolute atomic E-state index is 12.4. The van der Waals surface area contributed by atoms with Gasteiger partial charge in [0.25, 0.3) is 0 Å². The molecule has 1 aliphatic heterocycles. The van der Waals surface area contributed by atoms with Crippen LogP contribution in [0.2, 0.25) is 0 Å². The van der Waals surface area contributed by atoms with Crippen LogP contribution in [0.3, 0.4) is 0 Å². The quantitative estimate of drug-likeness (QED) is 0.903. The van der Waals surface area contributed by atoms with E-state index in [1.54, 1.807) is 23.5 Å². The molecule has 1 atom stereocenters. The van der Waals surface area contributed by atoms with Gasteiger partial charge in [-0.2, -0.15) is 0 Å². The molecular weight excluding hydrogens is 296 g/mol. The highest BCUT2D eigenvalue weighted by molar-refractivity contribution is 5.89. The predicted octanol–water partition coefficient (Wildman–Crippen LogP) is 1.32. The van der Waals surface area contributed by atoms with E-state index in [1.807, 2.05) is 30.3 Å². The van der Waals surface area contributed by atoms with Crippen LogP contribution in [0.1, 0.15) is 11.1 Å². The summed E-state index contributed by atoms with van der Waals surface area (Å²) < 4.78 is 10.2. The SMILES string of the molecule is O=C(NCc1ccoc1)[C@H]1COCC(=O)N1Cc1ccccc1. The molecule has 0 bridgehead atoms. The number of benzene rings is 1. The molecule has 6 nitrogen and oxygen atoms in total. The number of nitrogens with zero attached hydrogens (tertiary/aromatic N) is 1. The Morgan fingerprint density at radius 3 is 2.78 bits per heavy atom. The molecule has 1 saturated heterocycles. The topological polar surface area (TPSA) is 71.8 Å². The molecule has 1 fully saturated rings. The molecule has 0 aliphatic carbocycles. The van der Waals surface area contributed by atoms with Crippen molar-refractivity contribution in [2.45, 2.75) is 19.1 Å². The first-order valence-corrected chi connectivity index (χ1v) is 7.44. The van der Waals surface area contributed by atoms with Crippen molar-refractivity contribution >= 4 is 11.8 Å². The van der Waals surface area contributed by atoms with Gasteiger partial charge >= 0.3 is 0 Å². The molecule has 120 valence electrons. The highest BCUT2D eigenvalue weighted by Gasteiger charge is 2.33. The normalized spacial score (nSPS) is 18.0. The summed E-state index contributed by atoms with van der Waals surface area (Å²) >= 11 is 0. The number of rotatable bonds is 5. The van der Waals surface area contributed by atoms with Gasteiger partial charge in [0.2, 0.25) is 11.8 Å². The Kier molecular flexibility index (Phi) is 4.73. The molecule has 2 heterocycles. The molecule has 0 unspecified atom stereocenters. The molecule has 0 radical (unpaired) electrons. The Hall–Kier alpha value is -2.60. The van der Waals surface area contributed by atoms with Crippen molar-refractivity contribution in [3.8, 4) is 0 Å². The van der Waals surface area contributed by atoms with Crippen LogP contribution in [0.4, 0.5) is 0 Å². The smallest absolute Gasteiger partial charge is 0.249 e. The van der Waals surface area contributed by atoms with Crippen molar-refractivity contribution in [2.24, 2.45) is 0 Å². The number of nitrogens with one attached hydrogen (secondary N) is 1. The maximum Gasteiger partial charge on any atom is 0.249 e. The van der Waals surface area contributed by atoms with E-state index in [-0.39, 0.29) is 25.0 Å². The average Bonchev–Trinajstić information content (AvgIpc) is 3.09. The van der Waals surface area contributed by atoms with E-state index in [1.165, 1.54) is 0 Å². The van der Waals surface area contributed by atoms with Crippen LogP contribution in [0, 0.1) is 0 Å². The maximum atomic E-state index is 12.4. The average molecular weight is 314 g/mol. The summed E-state index contributed by atoms with van der Waals surface area (Å²) in [6.45, 7) is 0.972. The number of furan rings is 1. The highest BCUT2D eigenvalue weighted by Crippen LogP contribution is 2.14. The van der Waals surface area contributed by atoms with E-state index in [2.05, 4.69) is 5.32 Å². The van der Waals surface area contributed by atoms with E-state index in [4.69, 9.17) is 9.15 Å².